The second-order valence-electron chi connectivity index (χ2n) is 3.29. The summed E-state index contributed by atoms with van der Waals surface area (Å²) in [5, 5.41) is 7.70. The van der Waals surface area contributed by atoms with E-state index in [1.54, 1.807) is 24.8 Å². The van der Waals surface area contributed by atoms with E-state index in [1.807, 2.05) is 48.6 Å². The SMILES string of the molecule is C(=C/c1ccccc1)/C=N/N=C/c1ccco1. The van der Waals surface area contributed by atoms with E-state index in [9.17, 15) is 0 Å². The first-order valence-electron chi connectivity index (χ1n) is 5.27. The molecule has 0 saturated heterocycles. The van der Waals surface area contributed by atoms with Gasteiger partial charge in [0.25, 0.3) is 0 Å². The van der Waals surface area contributed by atoms with Gasteiger partial charge in [0.2, 0.25) is 0 Å². The zero-order valence-corrected chi connectivity index (χ0v) is 9.23. The van der Waals surface area contributed by atoms with E-state index in [1.165, 1.54) is 0 Å². The molecule has 0 aliphatic heterocycles. The molecule has 2 rings (SSSR count). The van der Waals surface area contributed by atoms with Gasteiger partial charge >= 0.3 is 0 Å². The van der Waals surface area contributed by atoms with Gasteiger partial charge in [-0.15, -0.1) is 0 Å². The first-order valence-corrected chi connectivity index (χ1v) is 5.27. The zero-order valence-electron chi connectivity index (χ0n) is 9.23. The molecule has 0 bridgehead atoms. The highest BCUT2D eigenvalue weighted by molar-refractivity contribution is 5.80. The number of allylic oxidation sites excluding steroid dienone is 1. The lowest BCUT2D eigenvalue weighted by molar-refractivity contribution is 0.560. The highest BCUT2D eigenvalue weighted by Gasteiger charge is 1.85. The molecule has 0 spiro atoms. The Bertz CT molecular complexity index is 510. The van der Waals surface area contributed by atoms with E-state index in [0.717, 1.165) is 5.56 Å². The van der Waals surface area contributed by atoms with Crippen molar-refractivity contribution in [2.75, 3.05) is 0 Å². The van der Waals surface area contributed by atoms with Crippen molar-refractivity contribution >= 4 is 18.5 Å². The standard InChI is InChI=1S/C14H12N2O/c1-2-6-13(7-3-1)8-4-10-15-16-12-14-9-5-11-17-14/h1-12H/b8-4-,15-10+,16-12+. The minimum atomic E-state index is 0.689. The maximum Gasteiger partial charge on any atom is 0.146 e. The van der Waals surface area contributed by atoms with Crippen molar-refractivity contribution in [1.82, 2.24) is 0 Å². The second kappa shape index (κ2) is 6.23. The molecule has 3 heteroatoms. The third-order valence-corrected chi connectivity index (χ3v) is 2.04. The number of hydrogen-bond acceptors (Lipinski definition) is 3. The molecule has 0 aliphatic rings. The molecule has 0 saturated carbocycles. The Morgan fingerprint density at radius 2 is 1.82 bits per heavy atom. The summed E-state index contributed by atoms with van der Waals surface area (Å²) in [7, 11) is 0. The van der Waals surface area contributed by atoms with Gasteiger partial charge in [0, 0.05) is 6.21 Å². The molecule has 0 fully saturated rings. The Hall–Kier alpha value is -2.42. The van der Waals surface area contributed by atoms with Crippen molar-refractivity contribution in [3.63, 3.8) is 0 Å². The Morgan fingerprint density at radius 3 is 2.59 bits per heavy atom. The second-order valence-corrected chi connectivity index (χ2v) is 3.29. The Kier molecular flexibility index (Phi) is 4.06. The summed E-state index contributed by atoms with van der Waals surface area (Å²) in [4.78, 5) is 0. The Balaban J connectivity index is 1.84. The summed E-state index contributed by atoms with van der Waals surface area (Å²) >= 11 is 0. The maximum absolute atomic E-state index is 5.07. The van der Waals surface area contributed by atoms with Crippen LogP contribution in [0.1, 0.15) is 11.3 Å². The van der Waals surface area contributed by atoms with Crippen molar-refractivity contribution in [3.05, 3.63) is 66.1 Å². The number of furan rings is 1. The molecule has 3 nitrogen and oxygen atoms in total. The van der Waals surface area contributed by atoms with Crippen LogP contribution in [0.25, 0.3) is 6.08 Å². The average molecular weight is 224 g/mol. The van der Waals surface area contributed by atoms with Gasteiger partial charge in [0.1, 0.15) is 5.76 Å². The molecule has 2 aromatic rings. The fourth-order valence-corrected chi connectivity index (χ4v) is 1.25. The van der Waals surface area contributed by atoms with Crippen LogP contribution in [0.2, 0.25) is 0 Å². The van der Waals surface area contributed by atoms with Crippen LogP contribution in [-0.4, -0.2) is 12.4 Å². The van der Waals surface area contributed by atoms with Crippen molar-refractivity contribution < 1.29 is 4.42 Å². The van der Waals surface area contributed by atoms with E-state index >= 15 is 0 Å². The van der Waals surface area contributed by atoms with Crippen molar-refractivity contribution in [1.29, 1.82) is 0 Å². The average Bonchev–Trinajstić information content (AvgIpc) is 2.88. The molecule has 1 aromatic carbocycles. The third-order valence-electron chi connectivity index (χ3n) is 2.04. The predicted octanol–water partition coefficient (Wildman–Crippen LogP) is 3.40. The summed E-state index contributed by atoms with van der Waals surface area (Å²) in [6.45, 7) is 0. The fraction of sp³-hybridized carbons (Fsp3) is 0. The largest absolute Gasteiger partial charge is 0.463 e. The van der Waals surface area contributed by atoms with Crippen LogP contribution in [-0.2, 0) is 0 Å². The first kappa shape index (κ1) is 11.1. The van der Waals surface area contributed by atoms with Crippen molar-refractivity contribution in [2.45, 2.75) is 0 Å². The molecular weight excluding hydrogens is 212 g/mol. The van der Waals surface area contributed by atoms with Gasteiger partial charge in [-0.25, -0.2) is 0 Å². The van der Waals surface area contributed by atoms with Gasteiger partial charge in [0.15, 0.2) is 0 Å². The lowest BCUT2D eigenvalue weighted by Gasteiger charge is -1.87. The molecule has 0 aliphatic carbocycles. The van der Waals surface area contributed by atoms with E-state index in [0.29, 0.717) is 5.76 Å². The van der Waals surface area contributed by atoms with Crippen LogP contribution >= 0.6 is 0 Å². The van der Waals surface area contributed by atoms with E-state index in [4.69, 9.17) is 4.42 Å². The summed E-state index contributed by atoms with van der Waals surface area (Å²) in [6, 6.07) is 13.6. The van der Waals surface area contributed by atoms with E-state index in [2.05, 4.69) is 10.2 Å². The third kappa shape index (κ3) is 3.91. The van der Waals surface area contributed by atoms with E-state index in [-0.39, 0.29) is 0 Å². The smallest absolute Gasteiger partial charge is 0.146 e. The van der Waals surface area contributed by atoms with Gasteiger partial charge in [-0.05, 0) is 23.8 Å². The van der Waals surface area contributed by atoms with Gasteiger partial charge < -0.3 is 4.42 Å². The van der Waals surface area contributed by atoms with Crippen LogP contribution in [0.5, 0.6) is 0 Å². The lowest BCUT2D eigenvalue weighted by atomic mass is 10.2. The highest BCUT2D eigenvalue weighted by atomic mass is 16.3. The minimum Gasteiger partial charge on any atom is -0.463 e. The topological polar surface area (TPSA) is 37.9 Å². The van der Waals surface area contributed by atoms with Gasteiger partial charge in [-0.2, -0.15) is 10.2 Å². The minimum absolute atomic E-state index is 0.689. The monoisotopic (exact) mass is 224 g/mol. The number of benzene rings is 1. The van der Waals surface area contributed by atoms with Gasteiger partial charge in [-0.1, -0.05) is 36.4 Å². The van der Waals surface area contributed by atoms with Crippen molar-refractivity contribution in [3.8, 4) is 0 Å². The van der Waals surface area contributed by atoms with Gasteiger partial charge in [0.05, 0.1) is 12.5 Å². The van der Waals surface area contributed by atoms with Crippen molar-refractivity contribution in [2.24, 2.45) is 10.2 Å². The first-order chi connectivity index (χ1) is 8.45. The molecule has 17 heavy (non-hydrogen) atoms. The molecule has 1 aromatic heterocycles. The van der Waals surface area contributed by atoms with Crippen LogP contribution in [0.3, 0.4) is 0 Å². The zero-order chi connectivity index (χ0) is 11.8. The van der Waals surface area contributed by atoms with Gasteiger partial charge in [-0.3, -0.25) is 0 Å². The molecule has 0 amide bonds. The maximum atomic E-state index is 5.07. The summed E-state index contributed by atoms with van der Waals surface area (Å²) in [5.74, 6) is 0.689. The van der Waals surface area contributed by atoms with E-state index < -0.39 is 0 Å². The summed E-state index contributed by atoms with van der Waals surface area (Å²) in [6.07, 6.45) is 8.60. The molecular formula is C14H12N2O. The molecule has 1 heterocycles. The highest BCUT2D eigenvalue weighted by Crippen LogP contribution is 1.99. The molecule has 84 valence electrons. The van der Waals surface area contributed by atoms with Crippen LogP contribution in [0.15, 0.2) is 69.4 Å². The number of rotatable bonds is 4. The number of nitrogens with zero attached hydrogens (tertiary/aromatic N) is 2. The molecule has 0 radical (unpaired) electrons. The summed E-state index contributed by atoms with van der Waals surface area (Å²) in [5.41, 5.74) is 1.13. The van der Waals surface area contributed by atoms with Crippen LogP contribution < -0.4 is 0 Å². The molecule has 0 atom stereocenters. The lowest BCUT2D eigenvalue weighted by Crippen LogP contribution is -1.72. The van der Waals surface area contributed by atoms with Crippen LogP contribution in [0.4, 0.5) is 0 Å². The normalized spacial score (nSPS) is 12.0. The summed E-state index contributed by atoms with van der Waals surface area (Å²) < 4.78 is 5.07. The molecule has 0 unspecified atom stereocenters. The Morgan fingerprint density at radius 1 is 0.941 bits per heavy atom. The molecule has 0 N–H and O–H groups in total. The quantitative estimate of drug-likeness (QED) is 0.579. The van der Waals surface area contributed by atoms with Crippen LogP contribution in [0, 0.1) is 0 Å². The number of hydrogen-bond donors (Lipinski definition) is 0. The predicted molar refractivity (Wildman–Crippen MR) is 70.3 cm³/mol. The fourth-order valence-electron chi connectivity index (χ4n) is 1.25. The Labute approximate surface area is 99.8 Å².